The van der Waals surface area contributed by atoms with Crippen molar-refractivity contribution in [2.24, 2.45) is 0 Å². The van der Waals surface area contributed by atoms with Gasteiger partial charge in [0.15, 0.2) is 0 Å². The summed E-state index contributed by atoms with van der Waals surface area (Å²) in [6.07, 6.45) is -1.09. The first-order valence-electron chi connectivity index (χ1n) is 1.27. The van der Waals surface area contributed by atoms with Crippen LogP contribution in [0.3, 0.4) is 0 Å². The van der Waals surface area contributed by atoms with Crippen LogP contribution in [0.1, 0.15) is 0 Å². The van der Waals surface area contributed by atoms with Crippen molar-refractivity contribution in [3.8, 4) is 0 Å². The molecule has 1 rings (SSSR count). The number of carbonyl (C=O) groups is 1. The molecule has 0 bridgehead atoms. The molecule has 0 spiro atoms. The highest BCUT2D eigenvalue weighted by Gasteiger charge is 2.32. The van der Waals surface area contributed by atoms with Gasteiger partial charge < -0.3 is 5.32 Å². The molecule has 0 aromatic rings. The summed E-state index contributed by atoms with van der Waals surface area (Å²) in [5.74, 6) is -0.384. The van der Waals surface area contributed by atoms with Gasteiger partial charge in [-0.2, -0.15) is 5.11 Å². The first-order chi connectivity index (χ1) is 2.30. The molecule has 1 unspecified atom stereocenters. The van der Waals surface area contributed by atoms with E-state index in [1.54, 1.807) is 0 Å². The summed E-state index contributed by atoms with van der Waals surface area (Å²) in [5.41, 5.74) is 0. The van der Waals surface area contributed by atoms with E-state index in [4.69, 9.17) is 0 Å². The van der Waals surface area contributed by atoms with Crippen molar-refractivity contribution in [3.05, 3.63) is 0 Å². The van der Waals surface area contributed by atoms with Crippen molar-refractivity contribution in [2.45, 2.75) is 6.23 Å². The second-order valence-corrected chi connectivity index (χ2v) is 0.889. The number of carbonyl (C=O) groups excluding carboxylic acids is 1. The molecule has 0 aliphatic carbocycles. The van der Waals surface area contributed by atoms with E-state index in [1.165, 1.54) is 0 Å². The molecule has 0 aromatic carbocycles. The number of hydrogen-bond donors (Lipinski definition) is 1. The van der Waals surface area contributed by atoms with Gasteiger partial charge in [-0.1, -0.05) is 0 Å². The van der Waals surface area contributed by atoms with E-state index in [-0.39, 0.29) is 5.91 Å². The van der Waals surface area contributed by atoms with Crippen LogP contribution in [0.2, 0.25) is 0 Å². The minimum Gasteiger partial charge on any atom is -0.316 e. The van der Waals surface area contributed by atoms with Crippen LogP contribution in [-0.4, -0.2) is 12.1 Å². The van der Waals surface area contributed by atoms with Crippen LogP contribution in [-0.2, 0) is 9.90 Å². The zero-order valence-corrected chi connectivity index (χ0v) is 2.39. The van der Waals surface area contributed by atoms with Gasteiger partial charge in [0.1, 0.15) is 0 Å². The van der Waals surface area contributed by atoms with E-state index in [1.807, 2.05) is 5.32 Å². The second kappa shape index (κ2) is 0.490. The molecule has 1 amide bonds. The molecule has 1 fully saturated rings. The Labute approximate surface area is 28.6 Å². The fourth-order valence-electron chi connectivity index (χ4n) is 0.0875. The van der Waals surface area contributed by atoms with E-state index in [2.05, 4.69) is 0 Å². The van der Waals surface area contributed by atoms with Crippen LogP contribution in [0.5, 0.6) is 0 Å². The maximum Gasteiger partial charge on any atom is 0.275 e. The predicted octanol–water partition coefficient (Wildman–Crippen LogP) is -1.13. The standard InChI is InChI=1S/C2H2NO2/c4-1-2(5)3-1/h1H,(H,3,5). The van der Waals surface area contributed by atoms with Crippen molar-refractivity contribution in [2.75, 3.05) is 0 Å². The summed E-state index contributed by atoms with van der Waals surface area (Å²) in [7, 11) is 0. The lowest BCUT2D eigenvalue weighted by molar-refractivity contribution is -0.113. The predicted molar refractivity (Wildman–Crippen MR) is 12.6 cm³/mol. The maximum atomic E-state index is 9.51. The van der Waals surface area contributed by atoms with Gasteiger partial charge in [0.05, 0.1) is 0 Å². The average molecular weight is 72.0 g/mol. The minimum atomic E-state index is -1.09. The largest absolute Gasteiger partial charge is 0.316 e. The van der Waals surface area contributed by atoms with Crippen LogP contribution in [0.25, 0.3) is 0 Å². The van der Waals surface area contributed by atoms with E-state index in [0.717, 1.165) is 0 Å². The molecule has 5 heavy (non-hydrogen) atoms. The fraction of sp³-hybridized carbons (Fsp3) is 0.500. The molecule has 1 radical (unpaired) electrons. The molecular weight excluding hydrogens is 70.0 g/mol. The molecule has 1 N–H and O–H groups in total. The lowest BCUT2D eigenvalue weighted by atomic mass is 10.9. The third-order valence-corrected chi connectivity index (χ3v) is 0.428. The highest BCUT2D eigenvalue weighted by Crippen LogP contribution is 1.90. The van der Waals surface area contributed by atoms with Gasteiger partial charge >= 0.3 is 0 Å². The van der Waals surface area contributed by atoms with Gasteiger partial charge in [-0.25, -0.2) is 0 Å². The highest BCUT2D eigenvalue weighted by molar-refractivity contribution is 5.94. The SMILES string of the molecule is [O]C1NC1=O. The number of nitrogens with one attached hydrogen (secondary N) is 1. The Bertz CT molecular complexity index is 70.0. The summed E-state index contributed by atoms with van der Waals surface area (Å²) >= 11 is 0. The quantitative estimate of drug-likeness (QED) is 0.362. The molecule has 27 valence electrons. The smallest absolute Gasteiger partial charge is 0.275 e. The van der Waals surface area contributed by atoms with Crippen molar-refractivity contribution < 1.29 is 9.90 Å². The fourth-order valence-corrected chi connectivity index (χ4v) is 0.0875. The highest BCUT2D eigenvalue weighted by atomic mass is 16.3. The Morgan fingerprint density at radius 3 is 2.00 bits per heavy atom. The zero-order valence-electron chi connectivity index (χ0n) is 2.39. The van der Waals surface area contributed by atoms with Crippen LogP contribution in [0.4, 0.5) is 0 Å². The second-order valence-electron chi connectivity index (χ2n) is 0.889. The van der Waals surface area contributed by atoms with Gasteiger partial charge in [-0.3, -0.25) is 4.79 Å². The van der Waals surface area contributed by atoms with Gasteiger partial charge in [-0.05, 0) is 0 Å². The molecule has 0 aromatic heterocycles. The normalized spacial score (nSPS) is 33.0. The van der Waals surface area contributed by atoms with Crippen LogP contribution >= 0.6 is 0 Å². The summed E-state index contributed by atoms with van der Waals surface area (Å²) in [6, 6.07) is 0. The summed E-state index contributed by atoms with van der Waals surface area (Å²) in [5, 5.41) is 11.5. The Morgan fingerprint density at radius 2 is 2.00 bits per heavy atom. The molecule has 1 aliphatic rings. The van der Waals surface area contributed by atoms with Crippen LogP contribution in [0, 0.1) is 0 Å². The molecule has 1 heterocycles. The van der Waals surface area contributed by atoms with E-state index in [9.17, 15) is 9.90 Å². The molecule has 0 saturated carbocycles. The van der Waals surface area contributed by atoms with Crippen molar-refractivity contribution in [1.82, 2.24) is 5.32 Å². The minimum absolute atomic E-state index is 0.384. The van der Waals surface area contributed by atoms with Gasteiger partial charge in [-0.15, -0.1) is 0 Å². The summed E-state index contributed by atoms with van der Waals surface area (Å²) in [4.78, 5) is 9.46. The van der Waals surface area contributed by atoms with Gasteiger partial charge in [0.2, 0.25) is 6.23 Å². The lowest BCUT2D eigenvalue weighted by Crippen LogP contribution is -1.77. The first kappa shape index (κ1) is 2.66. The van der Waals surface area contributed by atoms with E-state index < -0.39 is 6.23 Å². The molecular formula is C2H2NO2. The molecule has 1 aliphatic heterocycles. The van der Waals surface area contributed by atoms with Crippen molar-refractivity contribution in [3.63, 3.8) is 0 Å². The number of amides is 1. The first-order valence-corrected chi connectivity index (χ1v) is 1.27. The molecule has 3 nitrogen and oxygen atoms in total. The number of hydrogen-bond acceptors (Lipinski definition) is 1. The Kier molecular flexibility index (Phi) is 0.260. The Balaban J connectivity index is 2.47. The number of rotatable bonds is 0. The topological polar surface area (TPSA) is 58.9 Å². The molecule has 3 heteroatoms. The zero-order chi connectivity index (χ0) is 3.86. The van der Waals surface area contributed by atoms with E-state index in [0.29, 0.717) is 0 Å². The average Bonchev–Trinajstić information content (AvgIpc) is 1.79. The van der Waals surface area contributed by atoms with Crippen LogP contribution < -0.4 is 5.32 Å². The Hall–Kier alpha value is -0.570. The van der Waals surface area contributed by atoms with Crippen LogP contribution in [0.15, 0.2) is 0 Å². The third kappa shape index (κ3) is 0.238. The van der Waals surface area contributed by atoms with Crippen molar-refractivity contribution >= 4 is 5.91 Å². The summed E-state index contributed by atoms with van der Waals surface area (Å²) < 4.78 is 0. The summed E-state index contributed by atoms with van der Waals surface area (Å²) in [6.45, 7) is 0. The monoisotopic (exact) mass is 72.0 g/mol. The van der Waals surface area contributed by atoms with Gasteiger partial charge in [0.25, 0.3) is 5.91 Å². The van der Waals surface area contributed by atoms with Gasteiger partial charge in [0, 0.05) is 0 Å². The van der Waals surface area contributed by atoms with Crippen molar-refractivity contribution in [1.29, 1.82) is 0 Å². The third-order valence-electron chi connectivity index (χ3n) is 0.428. The maximum absolute atomic E-state index is 9.51. The molecule has 1 saturated heterocycles. The Morgan fingerprint density at radius 1 is 1.80 bits per heavy atom. The van der Waals surface area contributed by atoms with E-state index >= 15 is 0 Å². The molecule has 1 atom stereocenters. The lowest BCUT2D eigenvalue weighted by Gasteiger charge is -1.46.